The van der Waals surface area contributed by atoms with Crippen LogP contribution in [0.5, 0.6) is 0 Å². The summed E-state index contributed by atoms with van der Waals surface area (Å²) in [5, 5.41) is 2.77. The maximum Gasteiger partial charge on any atom is 0.243 e. The zero-order valence-corrected chi connectivity index (χ0v) is 14.5. The number of likely N-dealkylation sites (N-methyl/N-ethyl adjacent to an activating group) is 1. The second kappa shape index (κ2) is 8.70. The summed E-state index contributed by atoms with van der Waals surface area (Å²) >= 11 is 0. The van der Waals surface area contributed by atoms with Crippen LogP contribution in [0, 0.1) is 12.3 Å². The molecule has 128 valence electrons. The van der Waals surface area contributed by atoms with E-state index in [4.69, 9.17) is 6.42 Å². The highest BCUT2D eigenvalue weighted by atomic mass is 16.2. The van der Waals surface area contributed by atoms with Crippen molar-refractivity contribution in [3.63, 3.8) is 0 Å². The third-order valence-corrected chi connectivity index (χ3v) is 3.98. The third-order valence-electron chi connectivity index (χ3n) is 3.98. The first-order chi connectivity index (χ1) is 12.0. The van der Waals surface area contributed by atoms with E-state index in [-0.39, 0.29) is 24.3 Å². The Morgan fingerprint density at radius 3 is 2.52 bits per heavy atom. The standard InChI is InChI=1S/C21H22N2O2/c1-4-16-10-9-13-18(14-16)22-20(24)15-23(3)21(25)19(5-2)17-11-7-6-8-12-17/h1,6-14,19H,5,15H2,2-3H3,(H,22,24). The molecule has 4 nitrogen and oxygen atoms in total. The van der Waals surface area contributed by atoms with Gasteiger partial charge < -0.3 is 10.2 Å². The number of carbonyl (C=O) groups is 2. The summed E-state index contributed by atoms with van der Waals surface area (Å²) < 4.78 is 0. The average Bonchev–Trinajstić information content (AvgIpc) is 2.63. The molecular weight excluding hydrogens is 312 g/mol. The number of amides is 2. The van der Waals surface area contributed by atoms with E-state index in [0.717, 1.165) is 5.56 Å². The highest BCUT2D eigenvalue weighted by Gasteiger charge is 2.23. The second-order valence-corrected chi connectivity index (χ2v) is 5.84. The van der Waals surface area contributed by atoms with Gasteiger partial charge in [0.2, 0.25) is 11.8 Å². The van der Waals surface area contributed by atoms with Gasteiger partial charge in [-0.1, -0.05) is 49.2 Å². The zero-order chi connectivity index (χ0) is 18.2. The lowest BCUT2D eigenvalue weighted by atomic mass is 9.95. The topological polar surface area (TPSA) is 49.4 Å². The van der Waals surface area contributed by atoms with Gasteiger partial charge in [0.25, 0.3) is 0 Å². The number of hydrogen-bond acceptors (Lipinski definition) is 2. The molecule has 2 rings (SSSR count). The fraction of sp³-hybridized carbons (Fsp3) is 0.238. The zero-order valence-electron chi connectivity index (χ0n) is 14.5. The highest BCUT2D eigenvalue weighted by Crippen LogP contribution is 2.21. The Balaban J connectivity index is 2.00. The van der Waals surface area contributed by atoms with Gasteiger partial charge in [0.05, 0.1) is 12.5 Å². The monoisotopic (exact) mass is 334 g/mol. The maximum atomic E-state index is 12.7. The van der Waals surface area contributed by atoms with Crippen LogP contribution in [0.2, 0.25) is 0 Å². The minimum Gasteiger partial charge on any atom is -0.336 e. The highest BCUT2D eigenvalue weighted by molar-refractivity contribution is 5.95. The molecule has 0 heterocycles. The number of hydrogen-bond donors (Lipinski definition) is 1. The van der Waals surface area contributed by atoms with Crippen LogP contribution in [0.15, 0.2) is 54.6 Å². The SMILES string of the molecule is C#Cc1cccc(NC(=O)CN(C)C(=O)C(CC)c2ccccc2)c1. The van der Waals surface area contributed by atoms with Crippen LogP contribution in [0.25, 0.3) is 0 Å². The Morgan fingerprint density at radius 2 is 1.88 bits per heavy atom. The van der Waals surface area contributed by atoms with Crippen molar-refractivity contribution in [3.8, 4) is 12.3 Å². The predicted octanol–water partition coefficient (Wildman–Crippen LogP) is 3.26. The van der Waals surface area contributed by atoms with Gasteiger partial charge in [-0.3, -0.25) is 9.59 Å². The molecule has 1 unspecified atom stereocenters. The normalized spacial score (nSPS) is 11.2. The molecule has 1 atom stereocenters. The van der Waals surface area contributed by atoms with E-state index in [0.29, 0.717) is 17.7 Å². The Bertz CT molecular complexity index is 778. The summed E-state index contributed by atoms with van der Waals surface area (Å²) in [6, 6.07) is 16.7. The molecule has 1 N–H and O–H groups in total. The summed E-state index contributed by atoms with van der Waals surface area (Å²) in [6.07, 6.45) is 6.04. The summed E-state index contributed by atoms with van der Waals surface area (Å²) in [4.78, 5) is 26.4. The van der Waals surface area contributed by atoms with Gasteiger partial charge in [-0.2, -0.15) is 0 Å². The van der Waals surface area contributed by atoms with Gasteiger partial charge >= 0.3 is 0 Å². The van der Waals surface area contributed by atoms with E-state index in [1.807, 2.05) is 37.3 Å². The van der Waals surface area contributed by atoms with Crippen molar-refractivity contribution in [2.45, 2.75) is 19.3 Å². The lowest BCUT2D eigenvalue weighted by Crippen LogP contribution is -2.37. The van der Waals surface area contributed by atoms with Crippen molar-refractivity contribution >= 4 is 17.5 Å². The number of nitrogens with one attached hydrogen (secondary N) is 1. The quantitative estimate of drug-likeness (QED) is 0.825. The van der Waals surface area contributed by atoms with Crippen LogP contribution in [0.3, 0.4) is 0 Å². The summed E-state index contributed by atoms with van der Waals surface area (Å²) in [7, 11) is 1.64. The van der Waals surface area contributed by atoms with E-state index in [1.54, 1.807) is 31.3 Å². The largest absolute Gasteiger partial charge is 0.336 e. The fourth-order valence-corrected chi connectivity index (χ4v) is 2.68. The molecule has 0 bridgehead atoms. The molecule has 2 aromatic rings. The predicted molar refractivity (Wildman–Crippen MR) is 100 cm³/mol. The van der Waals surface area contributed by atoms with E-state index in [1.165, 1.54) is 4.90 Å². The minimum atomic E-state index is -0.257. The molecule has 0 fully saturated rings. The minimum absolute atomic E-state index is 0.0115. The van der Waals surface area contributed by atoms with E-state index in [9.17, 15) is 9.59 Å². The Labute approximate surface area is 148 Å². The molecule has 0 aliphatic rings. The number of terminal acetylenes is 1. The van der Waals surface area contributed by atoms with Crippen LogP contribution in [0.4, 0.5) is 5.69 Å². The Morgan fingerprint density at radius 1 is 1.16 bits per heavy atom. The number of carbonyl (C=O) groups excluding carboxylic acids is 2. The first-order valence-corrected chi connectivity index (χ1v) is 8.21. The first-order valence-electron chi connectivity index (χ1n) is 8.21. The molecular formula is C21H22N2O2. The molecule has 0 aliphatic heterocycles. The van der Waals surface area contributed by atoms with Crippen LogP contribution in [-0.4, -0.2) is 30.3 Å². The number of anilines is 1. The van der Waals surface area contributed by atoms with Gasteiger partial charge in [0.15, 0.2) is 0 Å². The molecule has 0 saturated heterocycles. The van der Waals surface area contributed by atoms with Crippen LogP contribution >= 0.6 is 0 Å². The van der Waals surface area contributed by atoms with Crippen molar-refractivity contribution in [1.82, 2.24) is 4.90 Å². The van der Waals surface area contributed by atoms with Crippen molar-refractivity contribution in [2.24, 2.45) is 0 Å². The molecule has 0 saturated carbocycles. The Kier molecular flexibility index (Phi) is 6.36. The van der Waals surface area contributed by atoms with Crippen LogP contribution < -0.4 is 5.32 Å². The average molecular weight is 334 g/mol. The smallest absolute Gasteiger partial charge is 0.243 e. The van der Waals surface area contributed by atoms with Gasteiger partial charge in [-0.25, -0.2) is 0 Å². The number of rotatable bonds is 6. The van der Waals surface area contributed by atoms with Gasteiger partial charge in [0.1, 0.15) is 0 Å². The van der Waals surface area contributed by atoms with Gasteiger partial charge in [-0.15, -0.1) is 6.42 Å². The molecule has 0 aliphatic carbocycles. The molecule has 0 radical (unpaired) electrons. The lowest BCUT2D eigenvalue weighted by molar-refractivity contribution is -0.134. The third kappa shape index (κ3) is 4.95. The molecule has 2 aromatic carbocycles. The number of benzene rings is 2. The van der Waals surface area contributed by atoms with Crippen molar-refractivity contribution < 1.29 is 9.59 Å². The van der Waals surface area contributed by atoms with Crippen molar-refractivity contribution in [1.29, 1.82) is 0 Å². The van der Waals surface area contributed by atoms with Crippen molar-refractivity contribution in [2.75, 3.05) is 18.9 Å². The summed E-state index contributed by atoms with van der Waals surface area (Å²) in [6.45, 7) is 1.96. The van der Waals surface area contributed by atoms with E-state index < -0.39 is 0 Å². The van der Waals surface area contributed by atoms with Gasteiger partial charge in [0, 0.05) is 18.3 Å². The summed E-state index contributed by atoms with van der Waals surface area (Å²) in [5.41, 5.74) is 2.28. The van der Waals surface area contributed by atoms with Gasteiger partial charge in [-0.05, 0) is 30.2 Å². The molecule has 4 heteroatoms. The van der Waals surface area contributed by atoms with E-state index in [2.05, 4.69) is 11.2 Å². The lowest BCUT2D eigenvalue weighted by Gasteiger charge is -2.23. The van der Waals surface area contributed by atoms with Crippen LogP contribution in [0.1, 0.15) is 30.4 Å². The Hall–Kier alpha value is -3.06. The van der Waals surface area contributed by atoms with E-state index >= 15 is 0 Å². The summed E-state index contributed by atoms with van der Waals surface area (Å²) in [5.74, 6) is 1.95. The molecule has 0 spiro atoms. The molecule has 0 aromatic heterocycles. The maximum absolute atomic E-state index is 12.7. The number of nitrogens with zero attached hydrogens (tertiary/aromatic N) is 1. The molecule has 25 heavy (non-hydrogen) atoms. The van der Waals surface area contributed by atoms with Crippen LogP contribution in [-0.2, 0) is 9.59 Å². The van der Waals surface area contributed by atoms with Crippen molar-refractivity contribution in [3.05, 3.63) is 65.7 Å². The first kappa shape index (κ1) is 18.3. The molecule has 2 amide bonds. The second-order valence-electron chi connectivity index (χ2n) is 5.84. The fourth-order valence-electron chi connectivity index (χ4n) is 2.68.